The van der Waals surface area contributed by atoms with Gasteiger partial charge >= 0.3 is 0 Å². The minimum atomic E-state index is -0.365. The van der Waals surface area contributed by atoms with Crippen molar-refractivity contribution in [2.45, 2.75) is 38.6 Å². The summed E-state index contributed by atoms with van der Waals surface area (Å²) >= 11 is 1.76. The molecule has 1 aliphatic carbocycles. The molecule has 0 aromatic rings. The van der Waals surface area contributed by atoms with Gasteiger partial charge in [0.1, 0.15) is 0 Å². The highest BCUT2D eigenvalue weighted by Crippen LogP contribution is 2.36. The van der Waals surface area contributed by atoms with Gasteiger partial charge in [-0.25, -0.2) is 0 Å². The second-order valence-electron chi connectivity index (χ2n) is 4.86. The Morgan fingerprint density at radius 3 is 2.94 bits per heavy atom. The van der Waals surface area contributed by atoms with E-state index in [1.165, 1.54) is 0 Å². The monoisotopic (exact) mass is 260 g/mol. The summed E-state index contributed by atoms with van der Waals surface area (Å²) in [4.78, 5) is 12.0. The van der Waals surface area contributed by atoms with Crippen molar-refractivity contribution in [1.29, 1.82) is 0 Å². The van der Waals surface area contributed by atoms with E-state index >= 15 is 0 Å². The van der Waals surface area contributed by atoms with Gasteiger partial charge in [0.05, 0.1) is 5.41 Å². The van der Waals surface area contributed by atoms with E-state index in [0.717, 1.165) is 37.2 Å². The first-order valence-corrected chi connectivity index (χ1v) is 7.49. The van der Waals surface area contributed by atoms with Crippen molar-refractivity contribution in [3.05, 3.63) is 0 Å². The highest BCUT2D eigenvalue weighted by Gasteiger charge is 2.42. The van der Waals surface area contributed by atoms with Gasteiger partial charge in [-0.1, -0.05) is 6.42 Å². The molecule has 1 fully saturated rings. The maximum absolute atomic E-state index is 12.0. The lowest BCUT2D eigenvalue weighted by Gasteiger charge is -2.27. The molecule has 0 aliphatic heterocycles. The molecule has 100 valence electrons. The van der Waals surface area contributed by atoms with Gasteiger partial charge in [-0.3, -0.25) is 4.79 Å². The molecule has 0 aromatic heterocycles. The maximum atomic E-state index is 12.0. The van der Waals surface area contributed by atoms with Crippen LogP contribution >= 0.6 is 11.8 Å². The fourth-order valence-corrected chi connectivity index (χ4v) is 2.97. The summed E-state index contributed by atoms with van der Waals surface area (Å²) < 4.78 is 0. The Morgan fingerprint density at radius 1 is 1.59 bits per heavy atom. The fraction of sp³-hybridized carbons (Fsp3) is 0.917. The highest BCUT2D eigenvalue weighted by atomic mass is 32.2. The average molecular weight is 260 g/mol. The molecule has 0 aromatic carbocycles. The molecular weight excluding hydrogens is 236 g/mol. The van der Waals surface area contributed by atoms with Crippen LogP contribution in [0, 0.1) is 5.41 Å². The summed E-state index contributed by atoms with van der Waals surface area (Å²) in [6, 6.07) is 0.00421. The molecule has 17 heavy (non-hydrogen) atoms. The van der Waals surface area contributed by atoms with Crippen LogP contribution in [0.2, 0.25) is 0 Å². The van der Waals surface area contributed by atoms with Crippen LogP contribution in [-0.4, -0.2) is 41.7 Å². The van der Waals surface area contributed by atoms with Crippen LogP contribution in [0.3, 0.4) is 0 Å². The Labute approximate surface area is 108 Å². The topological polar surface area (TPSA) is 75.3 Å². The van der Waals surface area contributed by atoms with Crippen molar-refractivity contribution in [2.75, 3.05) is 24.7 Å². The zero-order valence-corrected chi connectivity index (χ0v) is 11.4. The van der Waals surface area contributed by atoms with E-state index < -0.39 is 0 Å². The van der Waals surface area contributed by atoms with Gasteiger partial charge < -0.3 is 16.2 Å². The van der Waals surface area contributed by atoms with E-state index in [1.54, 1.807) is 11.8 Å². The van der Waals surface area contributed by atoms with E-state index in [-0.39, 0.29) is 24.0 Å². The predicted octanol–water partition coefficient (Wildman–Crippen LogP) is 0.736. The lowest BCUT2D eigenvalue weighted by atomic mass is 9.84. The molecule has 0 radical (unpaired) electrons. The van der Waals surface area contributed by atoms with Crippen molar-refractivity contribution in [1.82, 2.24) is 5.32 Å². The maximum Gasteiger partial charge on any atom is 0.227 e. The average Bonchev–Trinajstić information content (AvgIpc) is 2.65. The minimum Gasteiger partial charge on any atom is -0.396 e. The Hall–Kier alpha value is -0.260. The van der Waals surface area contributed by atoms with Gasteiger partial charge in [0, 0.05) is 24.9 Å². The van der Waals surface area contributed by atoms with Gasteiger partial charge in [-0.05, 0) is 31.9 Å². The number of aliphatic hydroxyl groups is 1. The first kappa shape index (κ1) is 14.8. The van der Waals surface area contributed by atoms with E-state index in [4.69, 9.17) is 10.8 Å². The molecule has 1 saturated carbocycles. The van der Waals surface area contributed by atoms with E-state index in [2.05, 4.69) is 5.32 Å². The number of aliphatic hydroxyl groups excluding tert-OH is 1. The molecule has 0 heterocycles. The lowest BCUT2D eigenvalue weighted by molar-refractivity contribution is -0.130. The molecule has 1 aliphatic rings. The number of hydrogen-bond donors (Lipinski definition) is 3. The standard InChI is InChI=1S/C12H24N2O2S/c1-12(5-2-4-10(12)13)11(16)14-6-9-17-8-3-7-15/h10,15H,2-9,13H2,1H3,(H,14,16). The first-order chi connectivity index (χ1) is 8.11. The summed E-state index contributed by atoms with van der Waals surface area (Å²) in [7, 11) is 0. The molecule has 4 nitrogen and oxygen atoms in total. The molecule has 2 atom stereocenters. The predicted molar refractivity (Wildman–Crippen MR) is 72.0 cm³/mol. The molecule has 0 spiro atoms. The third-order valence-corrected chi connectivity index (χ3v) is 4.60. The Kier molecular flexibility index (Phi) is 6.30. The normalized spacial score (nSPS) is 28.3. The third kappa shape index (κ3) is 4.16. The van der Waals surface area contributed by atoms with Crippen molar-refractivity contribution < 1.29 is 9.90 Å². The van der Waals surface area contributed by atoms with Crippen LogP contribution in [-0.2, 0) is 4.79 Å². The van der Waals surface area contributed by atoms with E-state index in [0.29, 0.717) is 6.54 Å². The smallest absolute Gasteiger partial charge is 0.227 e. The first-order valence-electron chi connectivity index (χ1n) is 6.34. The molecule has 0 saturated heterocycles. The van der Waals surface area contributed by atoms with Crippen molar-refractivity contribution in [3.63, 3.8) is 0 Å². The van der Waals surface area contributed by atoms with Crippen LogP contribution < -0.4 is 11.1 Å². The van der Waals surface area contributed by atoms with Gasteiger partial charge in [0.25, 0.3) is 0 Å². The summed E-state index contributed by atoms with van der Waals surface area (Å²) in [6.07, 6.45) is 3.73. The molecule has 0 bridgehead atoms. The lowest BCUT2D eigenvalue weighted by Crippen LogP contribution is -2.47. The van der Waals surface area contributed by atoms with Gasteiger partial charge in [-0.15, -0.1) is 0 Å². The Bertz CT molecular complexity index is 251. The quantitative estimate of drug-likeness (QED) is 0.590. The number of carbonyl (C=O) groups excluding carboxylic acids is 1. The summed E-state index contributed by atoms with van der Waals surface area (Å²) in [6.45, 7) is 2.91. The minimum absolute atomic E-state index is 0.00421. The van der Waals surface area contributed by atoms with Crippen molar-refractivity contribution in [3.8, 4) is 0 Å². The Morgan fingerprint density at radius 2 is 2.35 bits per heavy atom. The summed E-state index contributed by atoms with van der Waals surface area (Å²) in [5, 5.41) is 11.6. The molecule has 1 amide bonds. The highest BCUT2D eigenvalue weighted by molar-refractivity contribution is 7.99. The van der Waals surface area contributed by atoms with Crippen molar-refractivity contribution >= 4 is 17.7 Å². The number of nitrogens with two attached hydrogens (primary N) is 1. The van der Waals surface area contributed by atoms with Crippen molar-refractivity contribution in [2.24, 2.45) is 11.1 Å². The third-order valence-electron chi connectivity index (χ3n) is 3.53. The largest absolute Gasteiger partial charge is 0.396 e. The summed E-state index contributed by atoms with van der Waals surface area (Å²) in [5.74, 6) is 1.95. The number of carbonyl (C=O) groups is 1. The van der Waals surface area contributed by atoms with Gasteiger partial charge in [-0.2, -0.15) is 11.8 Å². The fourth-order valence-electron chi connectivity index (χ4n) is 2.18. The zero-order valence-electron chi connectivity index (χ0n) is 10.6. The summed E-state index contributed by atoms with van der Waals surface area (Å²) in [5.41, 5.74) is 5.62. The Balaban J connectivity index is 2.16. The van der Waals surface area contributed by atoms with Crippen LogP contribution in [0.15, 0.2) is 0 Å². The molecule has 1 rings (SSSR count). The molecule has 2 unspecified atom stereocenters. The number of amides is 1. The number of hydrogen-bond acceptors (Lipinski definition) is 4. The molecule has 5 heteroatoms. The van der Waals surface area contributed by atoms with Gasteiger partial charge in [0.15, 0.2) is 0 Å². The van der Waals surface area contributed by atoms with Gasteiger partial charge in [0.2, 0.25) is 5.91 Å². The zero-order chi connectivity index (χ0) is 12.7. The number of thioether (sulfide) groups is 1. The second kappa shape index (κ2) is 7.24. The van der Waals surface area contributed by atoms with Crippen LogP contribution in [0.4, 0.5) is 0 Å². The molecule has 4 N–H and O–H groups in total. The SMILES string of the molecule is CC1(C(=O)NCCSCCCO)CCCC1N. The molecular formula is C12H24N2O2S. The van der Waals surface area contributed by atoms with E-state index in [1.807, 2.05) is 6.92 Å². The van der Waals surface area contributed by atoms with Crippen LogP contribution in [0.25, 0.3) is 0 Å². The number of rotatable bonds is 7. The number of nitrogens with one attached hydrogen (secondary N) is 1. The second-order valence-corrected chi connectivity index (χ2v) is 6.09. The van der Waals surface area contributed by atoms with E-state index in [9.17, 15) is 4.79 Å². The van der Waals surface area contributed by atoms with Crippen LogP contribution in [0.1, 0.15) is 32.6 Å². The van der Waals surface area contributed by atoms with Crippen LogP contribution in [0.5, 0.6) is 0 Å².